The molecule has 0 bridgehead atoms. The zero-order valence-corrected chi connectivity index (χ0v) is 17.3. The van der Waals surface area contributed by atoms with Crippen LogP contribution in [0.1, 0.15) is 114 Å². The minimum absolute atomic E-state index is 0.806. The summed E-state index contributed by atoms with van der Waals surface area (Å²) in [5, 5.41) is 0. The Labute approximate surface area is 162 Å². The molecule has 144 valence electrons. The fourth-order valence-electron chi connectivity index (χ4n) is 5.33. The third-order valence-corrected chi connectivity index (χ3v) is 7.06. The molecule has 0 aromatic heterocycles. The van der Waals surface area contributed by atoms with Gasteiger partial charge in [-0.05, 0) is 92.6 Å². The van der Waals surface area contributed by atoms with Crippen molar-refractivity contribution >= 4 is 0 Å². The first-order valence-electron chi connectivity index (χ1n) is 11.6. The maximum Gasteiger partial charge on any atom is -0.0162 e. The minimum atomic E-state index is 0.806. The highest BCUT2D eigenvalue weighted by Gasteiger charge is 2.23. The van der Waals surface area contributed by atoms with E-state index in [0.29, 0.717) is 0 Å². The first-order valence-corrected chi connectivity index (χ1v) is 11.6. The van der Waals surface area contributed by atoms with Gasteiger partial charge in [0, 0.05) is 0 Å². The van der Waals surface area contributed by atoms with Gasteiger partial charge in [0.25, 0.3) is 0 Å². The average molecular weight is 353 g/mol. The van der Waals surface area contributed by atoms with Crippen LogP contribution in [0.2, 0.25) is 0 Å². The van der Waals surface area contributed by atoms with Gasteiger partial charge < -0.3 is 0 Å². The van der Waals surface area contributed by atoms with E-state index in [1.165, 1.54) is 77.0 Å². The predicted molar refractivity (Wildman–Crippen MR) is 115 cm³/mol. The van der Waals surface area contributed by atoms with Crippen LogP contribution in [0.5, 0.6) is 0 Å². The van der Waals surface area contributed by atoms with Gasteiger partial charge in [-0.15, -0.1) is 0 Å². The summed E-state index contributed by atoms with van der Waals surface area (Å²) in [5.41, 5.74) is 3.21. The largest absolute Gasteiger partial charge is 0.0883 e. The molecule has 2 aliphatic rings. The summed E-state index contributed by atoms with van der Waals surface area (Å²) in [6, 6.07) is 9.86. The zero-order valence-electron chi connectivity index (χ0n) is 17.3. The van der Waals surface area contributed by atoms with Crippen LogP contribution in [0, 0.1) is 11.8 Å². The molecule has 0 N–H and O–H groups in total. The normalized spacial score (nSPS) is 29.9. The maximum absolute atomic E-state index is 2.50. The van der Waals surface area contributed by atoms with E-state index in [9.17, 15) is 0 Å². The van der Waals surface area contributed by atoms with E-state index < -0.39 is 0 Å². The molecule has 0 radical (unpaired) electrons. The lowest BCUT2D eigenvalue weighted by atomic mass is 9.76. The smallest absolute Gasteiger partial charge is 0.0162 e. The summed E-state index contributed by atoms with van der Waals surface area (Å²) in [5.74, 6) is 3.49. The summed E-state index contributed by atoms with van der Waals surface area (Å²) in [6.45, 7) is 4.60. The quantitative estimate of drug-likeness (QED) is 0.432. The number of allylic oxidation sites excluding steroid dienone is 2. The highest BCUT2D eigenvalue weighted by atomic mass is 14.3. The van der Waals surface area contributed by atoms with Gasteiger partial charge in [0.15, 0.2) is 0 Å². The van der Waals surface area contributed by atoms with Crippen LogP contribution in [0.4, 0.5) is 0 Å². The van der Waals surface area contributed by atoms with E-state index in [4.69, 9.17) is 0 Å². The molecule has 0 unspecified atom stereocenters. The lowest BCUT2D eigenvalue weighted by Crippen LogP contribution is -2.14. The van der Waals surface area contributed by atoms with Gasteiger partial charge in [0.2, 0.25) is 0 Å². The first kappa shape index (κ1) is 19.7. The molecule has 0 amide bonds. The van der Waals surface area contributed by atoms with Crippen LogP contribution in [-0.4, -0.2) is 0 Å². The van der Waals surface area contributed by atoms with Crippen LogP contribution < -0.4 is 0 Å². The van der Waals surface area contributed by atoms with Gasteiger partial charge in [-0.1, -0.05) is 69.5 Å². The Morgan fingerprint density at radius 2 is 1.27 bits per heavy atom. The Morgan fingerprint density at radius 3 is 1.77 bits per heavy atom. The Morgan fingerprint density at radius 1 is 0.731 bits per heavy atom. The van der Waals surface area contributed by atoms with Gasteiger partial charge in [0.1, 0.15) is 0 Å². The van der Waals surface area contributed by atoms with Crippen LogP contribution in [0.3, 0.4) is 0 Å². The summed E-state index contributed by atoms with van der Waals surface area (Å²) in [4.78, 5) is 0. The fourth-order valence-corrected chi connectivity index (χ4v) is 5.33. The number of rotatable bonds is 7. The molecular formula is C26H40. The molecule has 0 heteroatoms. The van der Waals surface area contributed by atoms with Crippen molar-refractivity contribution in [1.82, 2.24) is 0 Å². The SMILES string of the molecule is CCCC=CC1CCC(c2ccc(C3CCC(CCC)CC3)cc2)CC1. The molecular weight excluding hydrogens is 312 g/mol. The van der Waals surface area contributed by atoms with Crippen LogP contribution in [0.25, 0.3) is 0 Å². The zero-order chi connectivity index (χ0) is 18.2. The third kappa shape index (κ3) is 5.48. The van der Waals surface area contributed by atoms with Gasteiger partial charge in [-0.3, -0.25) is 0 Å². The molecule has 0 saturated heterocycles. The van der Waals surface area contributed by atoms with Crippen molar-refractivity contribution in [3.63, 3.8) is 0 Å². The fraction of sp³-hybridized carbons (Fsp3) is 0.692. The topological polar surface area (TPSA) is 0 Å². The lowest BCUT2D eigenvalue weighted by molar-refractivity contribution is 0.308. The van der Waals surface area contributed by atoms with Crippen molar-refractivity contribution in [3.05, 3.63) is 47.5 Å². The maximum atomic E-state index is 2.50. The molecule has 2 aliphatic carbocycles. The Balaban J connectivity index is 1.48. The summed E-state index contributed by atoms with van der Waals surface area (Å²) in [6.07, 6.45) is 21.5. The summed E-state index contributed by atoms with van der Waals surface area (Å²) < 4.78 is 0. The first-order chi connectivity index (χ1) is 12.8. The Hall–Kier alpha value is -1.04. The van der Waals surface area contributed by atoms with Crippen molar-refractivity contribution < 1.29 is 0 Å². The van der Waals surface area contributed by atoms with E-state index in [-0.39, 0.29) is 0 Å². The predicted octanol–water partition coefficient (Wildman–Crippen LogP) is 8.39. The molecule has 2 fully saturated rings. The second-order valence-electron chi connectivity index (χ2n) is 9.00. The molecule has 1 aromatic rings. The number of hydrogen-bond donors (Lipinski definition) is 0. The number of unbranched alkanes of at least 4 members (excludes halogenated alkanes) is 1. The average Bonchev–Trinajstić information content (AvgIpc) is 2.70. The molecule has 0 spiro atoms. The van der Waals surface area contributed by atoms with Gasteiger partial charge in [0.05, 0.1) is 0 Å². The molecule has 2 saturated carbocycles. The van der Waals surface area contributed by atoms with Crippen molar-refractivity contribution in [2.75, 3.05) is 0 Å². The Kier molecular flexibility index (Phi) is 7.84. The molecule has 26 heavy (non-hydrogen) atoms. The van der Waals surface area contributed by atoms with Crippen LogP contribution >= 0.6 is 0 Å². The lowest BCUT2D eigenvalue weighted by Gasteiger charge is -2.30. The highest BCUT2D eigenvalue weighted by Crippen LogP contribution is 2.39. The molecule has 0 atom stereocenters. The van der Waals surface area contributed by atoms with E-state index in [1.54, 1.807) is 11.1 Å². The molecule has 3 rings (SSSR count). The standard InChI is InChI=1S/C26H40/c1-3-5-6-8-22-11-15-24(16-12-22)26-19-17-25(18-20-26)23-13-9-21(7-4-2)10-14-23/h6,8,17-24H,3-5,7,9-16H2,1-2H3. The van der Waals surface area contributed by atoms with E-state index in [0.717, 1.165) is 23.7 Å². The third-order valence-electron chi connectivity index (χ3n) is 7.06. The number of hydrogen-bond acceptors (Lipinski definition) is 0. The highest BCUT2D eigenvalue weighted by molar-refractivity contribution is 5.28. The van der Waals surface area contributed by atoms with E-state index in [1.807, 2.05) is 0 Å². The minimum Gasteiger partial charge on any atom is -0.0883 e. The number of benzene rings is 1. The Bertz CT molecular complexity index is 522. The second kappa shape index (κ2) is 10.3. The second-order valence-corrected chi connectivity index (χ2v) is 9.00. The van der Waals surface area contributed by atoms with Gasteiger partial charge in [-0.25, -0.2) is 0 Å². The monoisotopic (exact) mass is 352 g/mol. The molecule has 1 aromatic carbocycles. The molecule has 0 heterocycles. The molecule has 0 aliphatic heterocycles. The summed E-state index contributed by atoms with van der Waals surface area (Å²) >= 11 is 0. The van der Waals surface area contributed by atoms with Crippen molar-refractivity contribution in [3.8, 4) is 0 Å². The van der Waals surface area contributed by atoms with Gasteiger partial charge >= 0.3 is 0 Å². The molecule has 0 nitrogen and oxygen atoms in total. The van der Waals surface area contributed by atoms with Crippen LogP contribution in [0.15, 0.2) is 36.4 Å². The van der Waals surface area contributed by atoms with Gasteiger partial charge in [-0.2, -0.15) is 0 Å². The van der Waals surface area contributed by atoms with E-state index >= 15 is 0 Å². The van der Waals surface area contributed by atoms with Crippen molar-refractivity contribution in [2.45, 2.75) is 103 Å². The van der Waals surface area contributed by atoms with Crippen molar-refractivity contribution in [2.24, 2.45) is 11.8 Å². The van der Waals surface area contributed by atoms with Crippen molar-refractivity contribution in [1.29, 1.82) is 0 Å². The van der Waals surface area contributed by atoms with E-state index in [2.05, 4.69) is 50.3 Å². The summed E-state index contributed by atoms with van der Waals surface area (Å²) in [7, 11) is 0. The van der Waals surface area contributed by atoms with Crippen LogP contribution in [-0.2, 0) is 0 Å².